The Morgan fingerprint density at radius 3 is 1.95 bits per heavy atom. The normalized spacial score (nSPS) is 12.7. The highest BCUT2D eigenvalue weighted by Gasteiger charge is 2.42. The smallest absolute Gasteiger partial charge is 0.341 e. The molecule has 13 nitrogen and oxygen atoms in total. The summed E-state index contributed by atoms with van der Waals surface area (Å²) in [5.41, 5.74) is 0.893. The fraction of sp³-hybridized carbons (Fsp3) is 0.522. The van der Waals surface area contributed by atoms with Gasteiger partial charge in [0.2, 0.25) is 6.10 Å². The van der Waals surface area contributed by atoms with Crippen molar-refractivity contribution in [3.8, 4) is 0 Å². The molecule has 0 saturated heterocycles. The molecule has 1 amide bonds. The van der Waals surface area contributed by atoms with E-state index in [0.29, 0.717) is 10.6 Å². The lowest BCUT2D eigenvalue weighted by Crippen LogP contribution is -2.55. The SMILES string of the molecule is CCOC(=O)c1c(NC(=S)NC(=O)C(OC(C)=O)C(OC(C)=O)C(COC(C)=O)OC(C)=O)sc(C)c1C. The van der Waals surface area contributed by atoms with E-state index in [2.05, 4.69) is 10.6 Å². The number of aryl methyl sites for hydroxylation is 1. The topological polar surface area (TPSA) is 173 Å². The van der Waals surface area contributed by atoms with Crippen molar-refractivity contribution in [3.05, 3.63) is 16.0 Å². The van der Waals surface area contributed by atoms with Gasteiger partial charge in [0, 0.05) is 32.6 Å². The lowest BCUT2D eigenvalue weighted by atomic mass is 10.1. The second kappa shape index (κ2) is 15.0. The number of thiophene rings is 1. The zero-order chi connectivity index (χ0) is 29.2. The van der Waals surface area contributed by atoms with Crippen LogP contribution in [0.3, 0.4) is 0 Å². The number of carbonyl (C=O) groups is 6. The highest BCUT2D eigenvalue weighted by Crippen LogP contribution is 2.33. The Bertz CT molecular complexity index is 1100. The van der Waals surface area contributed by atoms with Crippen LogP contribution < -0.4 is 10.6 Å². The van der Waals surface area contributed by atoms with Crippen LogP contribution in [0.2, 0.25) is 0 Å². The first-order valence-corrected chi connectivity index (χ1v) is 12.4. The summed E-state index contributed by atoms with van der Waals surface area (Å²) in [5, 5.41) is 5.07. The molecule has 0 aliphatic carbocycles. The second-order valence-corrected chi connectivity index (χ2v) is 9.34. The van der Waals surface area contributed by atoms with Crippen molar-refractivity contribution in [3.63, 3.8) is 0 Å². The molecule has 15 heteroatoms. The van der Waals surface area contributed by atoms with E-state index in [1.165, 1.54) is 11.3 Å². The number of rotatable bonds is 11. The van der Waals surface area contributed by atoms with Crippen LogP contribution in [0.4, 0.5) is 5.00 Å². The molecule has 2 N–H and O–H groups in total. The number of anilines is 1. The molecule has 1 aromatic heterocycles. The maximum Gasteiger partial charge on any atom is 0.341 e. The minimum atomic E-state index is -1.88. The maximum atomic E-state index is 13.2. The van der Waals surface area contributed by atoms with Gasteiger partial charge in [-0.15, -0.1) is 11.3 Å². The molecule has 0 bridgehead atoms. The molecule has 1 rings (SSSR count). The number of hydrogen-bond donors (Lipinski definition) is 2. The predicted molar refractivity (Wildman–Crippen MR) is 137 cm³/mol. The van der Waals surface area contributed by atoms with Crippen molar-refractivity contribution in [2.24, 2.45) is 0 Å². The van der Waals surface area contributed by atoms with E-state index >= 15 is 0 Å². The van der Waals surface area contributed by atoms with Gasteiger partial charge in [-0.1, -0.05) is 0 Å². The summed E-state index contributed by atoms with van der Waals surface area (Å²) in [7, 11) is 0. The van der Waals surface area contributed by atoms with Crippen LogP contribution in [0.15, 0.2) is 0 Å². The summed E-state index contributed by atoms with van der Waals surface area (Å²) in [6.07, 6.45) is -5.12. The van der Waals surface area contributed by atoms with Crippen molar-refractivity contribution in [2.45, 2.75) is 66.8 Å². The molecule has 3 atom stereocenters. The molecule has 0 saturated carbocycles. The predicted octanol–water partition coefficient (Wildman–Crippen LogP) is 1.71. The van der Waals surface area contributed by atoms with E-state index in [1.54, 1.807) is 20.8 Å². The molecule has 38 heavy (non-hydrogen) atoms. The average Bonchev–Trinajstić information content (AvgIpc) is 3.05. The molecule has 0 aliphatic heterocycles. The van der Waals surface area contributed by atoms with Crippen LogP contribution in [0, 0.1) is 13.8 Å². The molecule has 1 heterocycles. The monoisotopic (exact) mass is 574 g/mol. The summed E-state index contributed by atoms with van der Waals surface area (Å²) in [6, 6.07) is 0. The number of thiocarbonyl (C=S) groups is 1. The van der Waals surface area contributed by atoms with Crippen molar-refractivity contribution in [1.29, 1.82) is 0 Å². The largest absolute Gasteiger partial charge is 0.462 e. The fourth-order valence-corrected chi connectivity index (χ4v) is 4.38. The van der Waals surface area contributed by atoms with Gasteiger partial charge in [0.25, 0.3) is 5.91 Å². The Labute approximate surface area is 228 Å². The third-order valence-electron chi connectivity index (χ3n) is 4.62. The van der Waals surface area contributed by atoms with Gasteiger partial charge in [0.15, 0.2) is 17.3 Å². The van der Waals surface area contributed by atoms with Gasteiger partial charge < -0.3 is 29.0 Å². The zero-order valence-electron chi connectivity index (χ0n) is 22.0. The highest BCUT2D eigenvalue weighted by atomic mass is 32.1. The van der Waals surface area contributed by atoms with Crippen molar-refractivity contribution in [2.75, 3.05) is 18.5 Å². The Morgan fingerprint density at radius 1 is 0.868 bits per heavy atom. The first kappa shape index (κ1) is 32.4. The van der Waals surface area contributed by atoms with Crippen molar-refractivity contribution < 1.29 is 52.5 Å². The molecule has 1 aromatic rings. The van der Waals surface area contributed by atoms with Gasteiger partial charge >= 0.3 is 29.8 Å². The summed E-state index contributed by atoms with van der Waals surface area (Å²) in [4.78, 5) is 73.1. The standard InChI is InChI=1S/C23H30N2O11S2/c1-8-32-22(31)17-10(2)11(3)38-21(17)25-23(37)24-20(30)19(36-15(7)29)18(35-14(6)28)16(34-13(5)27)9-33-12(4)26/h16,18-19H,8-9H2,1-7H3,(H2,24,25,30,37). The molecular formula is C23H30N2O11S2. The van der Waals surface area contributed by atoms with Crippen LogP contribution in [0.1, 0.15) is 55.4 Å². The maximum absolute atomic E-state index is 13.2. The highest BCUT2D eigenvalue weighted by molar-refractivity contribution is 7.80. The van der Waals surface area contributed by atoms with Crippen LogP contribution in [0.5, 0.6) is 0 Å². The molecular weight excluding hydrogens is 544 g/mol. The minimum Gasteiger partial charge on any atom is -0.462 e. The van der Waals surface area contributed by atoms with E-state index in [0.717, 1.165) is 32.6 Å². The Kier molecular flexibility index (Phi) is 12.8. The lowest BCUT2D eigenvalue weighted by Gasteiger charge is -2.30. The van der Waals surface area contributed by atoms with Gasteiger partial charge in [-0.25, -0.2) is 4.79 Å². The average molecular weight is 575 g/mol. The molecule has 0 fully saturated rings. The molecule has 0 spiro atoms. The van der Waals surface area contributed by atoms with Gasteiger partial charge in [-0.2, -0.15) is 0 Å². The van der Waals surface area contributed by atoms with E-state index in [-0.39, 0.29) is 17.3 Å². The quantitative estimate of drug-likeness (QED) is 0.222. The Hall–Kier alpha value is -3.59. The number of nitrogens with one attached hydrogen (secondary N) is 2. The summed E-state index contributed by atoms with van der Waals surface area (Å²) in [5.74, 6) is -5.11. The third kappa shape index (κ3) is 10.0. The number of carbonyl (C=O) groups excluding carboxylic acids is 6. The fourth-order valence-electron chi connectivity index (χ4n) is 3.06. The van der Waals surface area contributed by atoms with Crippen LogP contribution >= 0.6 is 23.6 Å². The molecule has 0 aliphatic rings. The van der Waals surface area contributed by atoms with Crippen molar-refractivity contribution >= 4 is 69.4 Å². The van der Waals surface area contributed by atoms with E-state index in [9.17, 15) is 28.8 Å². The second-order valence-electron chi connectivity index (χ2n) is 7.71. The number of amides is 1. The lowest BCUT2D eigenvalue weighted by molar-refractivity contribution is -0.190. The van der Waals surface area contributed by atoms with Crippen LogP contribution in [0.25, 0.3) is 0 Å². The summed E-state index contributed by atoms with van der Waals surface area (Å²) < 4.78 is 25.3. The van der Waals surface area contributed by atoms with Gasteiger partial charge in [0.1, 0.15) is 11.6 Å². The Balaban J connectivity index is 3.30. The minimum absolute atomic E-state index is 0.145. The van der Waals surface area contributed by atoms with Crippen LogP contribution in [-0.2, 0) is 47.7 Å². The molecule has 3 unspecified atom stereocenters. The number of ether oxygens (including phenoxy) is 5. The summed E-state index contributed by atoms with van der Waals surface area (Å²) >= 11 is 6.41. The Morgan fingerprint density at radius 2 is 1.45 bits per heavy atom. The van der Waals surface area contributed by atoms with E-state index < -0.39 is 60.7 Å². The van der Waals surface area contributed by atoms with E-state index in [1.807, 2.05) is 0 Å². The molecule has 0 radical (unpaired) electrons. The number of esters is 5. The first-order chi connectivity index (χ1) is 17.7. The van der Waals surface area contributed by atoms with Crippen LogP contribution in [-0.4, -0.2) is 72.4 Å². The third-order valence-corrected chi connectivity index (χ3v) is 5.94. The van der Waals surface area contributed by atoms with E-state index in [4.69, 9.17) is 35.9 Å². The molecule has 210 valence electrons. The molecule has 0 aromatic carbocycles. The van der Waals surface area contributed by atoms with Crippen molar-refractivity contribution in [1.82, 2.24) is 5.32 Å². The van der Waals surface area contributed by atoms with Gasteiger partial charge in [0.05, 0.1) is 12.2 Å². The summed E-state index contributed by atoms with van der Waals surface area (Å²) in [6.45, 7) is 8.83. The first-order valence-electron chi connectivity index (χ1n) is 11.2. The van der Waals surface area contributed by atoms with Gasteiger partial charge in [-0.05, 0) is 38.6 Å². The zero-order valence-corrected chi connectivity index (χ0v) is 23.6. The van der Waals surface area contributed by atoms with Gasteiger partial charge in [-0.3, -0.25) is 29.3 Å². The number of hydrogen-bond acceptors (Lipinski definition) is 13.